The Labute approximate surface area is 88.1 Å². The second kappa shape index (κ2) is 4.63. The molecule has 1 N–H and O–H groups in total. The molecule has 0 unspecified atom stereocenters. The van der Waals surface area contributed by atoms with Gasteiger partial charge in [0, 0.05) is 12.1 Å². The van der Waals surface area contributed by atoms with E-state index in [2.05, 4.69) is 24.2 Å². The molecule has 1 atom stereocenters. The number of likely N-dealkylation sites (tertiary alicyclic amines) is 1. The van der Waals surface area contributed by atoms with Gasteiger partial charge in [-0.1, -0.05) is 6.42 Å². The van der Waals surface area contributed by atoms with Crippen LogP contribution in [0.15, 0.2) is 0 Å². The van der Waals surface area contributed by atoms with E-state index in [0.717, 1.165) is 18.0 Å². The topological polar surface area (TPSA) is 15.3 Å². The Bertz CT molecular complexity index is 169. The zero-order chi connectivity index (χ0) is 9.97. The number of hydrogen-bond donors (Lipinski definition) is 1. The van der Waals surface area contributed by atoms with Gasteiger partial charge in [0.25, 0.3) is 0 Å². The molecule has 1 saturated heterocycles. The molecule has 2 nitrogen and oxygen atoms in total. The predicted molar refractivity (Wildman–Crippen MR) is 60.5 cm³/mol. The van der Waals surface area contributed by atoms with Crippen molar-refractivity contribution in [2.24, 2.45) is 5.92 Å². The zero-order valence-corrected chi connectivity index (χ0v) is 9.63. The Morgan fingerprint density at radius 3 is 2.29 bits per heavy atom. The highest BCUT2D eigenvalue weighted by molar-refractivity contribution is 4.84. The first kappa shape index (κ1) is 10.4. The SMILES string of the molecule is C[C@H](NC1CCN(C)CC1)C1CCC1. The molecular formula is C12H24N2. The van der Waals surface area contributed by atoms with Crippen molar-refractivity contribution in [1.82, 2.24) is 10.2 Å². The van der Waals surface area contributed by atoms with Crippen LogP contribution in [0.25, 0.3) is 0 Å². The van der Waals surface area contributed by atoms with E-state index in [4.69, 9.17) is 0 Å². The highest BCUT2D eigenvalue weighted by atomic mass is 15.1. The van der Waals surface area contributed by atoms with Gasteiger partial charge in [0.15, 0.2) is 0 Å². The van der Waals surface area contributed by atoms with E-state index in [1.54, 1.807) is 0 Å². The van der Waals surface area contributed by atoms with E-state index >= 15 is 0 Å². The van der Waals surface area contributed by atoms with Gasteiger partial charge in [0.1, 0.15) is 0 Å². The fourth-order valence-corrected chi connectivity index (χ4v) is 2.62. The first-order valence-electron chi connectivity index (χ1n) is 6.20. The summed E-state index contributed by atoms with van der Waals surface area (Å²) in [4.78, 5) is 2.44. The number of nitrogens with one attached hydrogen (secondary N) is 1. The normalized spacial score (nSPS) is 28.7. The number of hydrogen-bond acceptors (Lipinski definition) is 2. The quantitative estimate of drug-likeness (QED) is 0.741. The van der Waals surface area contributed by atoms with Crippen molar-refractivity contribution in [2.75, 3.05) is 20.1 Å². The maximum Gasteiger partial charge on any atom is 0.00939 e. The minimum Gasteiger partial charge on any atom is -0.311 e. The van der Waals surface area contributed by atoms with Crippen LogP contribution in [0.2, 0.25) is 0 Å². The lowest BCUT2D eigenvalue weighted by Crippen LogP contribution is -2.47. The molecule has 2 fully saturated rings. The summed E-state index contributed by atoms with van der Waals surface area (Å²) < 4.78 is 0. The van der Waals surface area contributed by atoms with E-state index in [-0.39, 0.29) is 0 Å². The third-order valence-electron chi connectivity index (χ3n) is 4.07. The van der Waals surface area contributed by atoms with E-state index in [0.29, 0.717) is 0 Å². The highest BCUT2D eigenvalue weighted by Gasteiger charge is 2.26. The first-order valence-corrected chi connectivity index (χ1v) is 6.20. The van der Waals surface area contributed by atoms with Crippen molar-refractivity contribution in [3.63, 3.8) is 0 Å². The molecule has 0 spiro atoms. The Balaban J connectivity index is 1.68. The molecule has 0 bridgehead atoms. The van der Waals surface area contributed by atoms with Crippen LogP contribution in [0.3, 0.4) is 0 Å². The minimum absolute atomic E-state index is 0.761. The molecule has 0 aromatic rings. The third-order valence-corrected chi connectivity index (χ3v) is 4.07. The molecular weight excluding hydrogens is 172 g/mol. The van der Waals surface area contributed by atoms with Crippen LogP contribution in [0, 0.1) is 5.92 Å². The zero-order valence-electron chi connectivity index (χ0n) is 9.63. The van der Waals surface area contributed by atoms with Gasteiger partial charge in [-0.25, -0.2) is 0 Å². The van der Waals surface area contributed by atoms with E-state index in [1.807, 2.05) is 0 Å². The van der Waals surface area contributed by atoms with Crippen molar-refractivity contribution >= 4 is 0 Å². The lowest BCUT2D eigenvalue weighted by molar-refractivity contribution is 0.183. The standard InChI is InChI=1S/C12H24N2/c1-10(11-4-3-5-11)13-12-6-8-14(2)9-7-12/h10-13H,3-9H2,1-2H3/t10-/m0/s1. The average molecular weight is 196 g/mol. The number of piperidine rings is 1. The van der Waals surface area contributed by atoms with Gasteiger partial charge in [-0.2, -0.15) is 0 Å². The molecule has 0 amide bonds. The summed E-state index contributed by atoms with van der Waals surface area (Å²) in [6.45, 7) is 4.92. The monoisotopic (exact) mass is 196 g/mol. The van der Waals surface area contributed by atoms with E-state index in [9.17, 15) is 0 Å². The van der Waals surface area contributed by atoms with Crippen LogP contribution in [0.4, 0.5) is 0 Å². The van der Waals surface area contributed by atoms with Crippen molar-refractivity contribution in [3.05, 3.63) is 0 Å². The van der Waals surface area contributed by atoms with E-state index < -0.39 is 0 Å². The van der Waals surface area contributed by atoms with Crippen LogP contribution >= 0.6 is 0 Å². The van der Waals surface area contributed by atoms with Gasteiger partial charge < -0.3 is 10.2 Å². The molecule has 1 aliphatic heterocycles. The van der Waals surface area contributed by atoms with Crippen molar-refractivity contribution < 1.29 is 0 Å². The fourth-order valence-electron chi connectivity index (χ4n) is 2.62. The van der Waals surface area contributed by atoms with Crippen LogP contribution in [-0.2, 0) is 0 Å². The highest BCUT2D eigenvalue weighted by Crippen LogP contribution is 2.29. The summed E-state index contributed by atoms with van der Waals surface area (Å²) in [5.41, 5.74) is 0. The Morgan fingerprint density at radius 1 is 1.14 bits per heavy atom. The fraction of sp³-hybridized carbons (Fsp3) is 1.00. The molecule has 0 radical (unpaired) electrons. The summed E-state index contributed by atoms with van der Waals surface area (Å²) >= 11 is 0. The van der Waals surface area contributed by atoms with E-state index in [1.165, 1.54) is 45.2 Å². The molecule has 82 valence electrons. The van der Waals surface area contributed by atoms with Gasteiger partial charge in [0.05, 0.1) is 0 Å². The smallest absolute Gasteiger partial charge is 0.00939 e. The average Bonchev–Trinajstić information content (AvgIpc) is 2.06. The van der Waals surface area contributed by atoms with Crippen LogP contribution in [-0.4, -0.2) is 37.1 Å². The third kappa shape index (κ3) is 2.48. The summed E-state index contributed by atoms with van der Waals surface area (Å²) in [6, 6.07) is 1.55. The van der Waals surface area contributed by atoms with Crippen LogP contribution < -0.4 is 5.32 Å². The molecule has 2 aliphatic rings. The molecule has 1 heterocycles. The molecule has 0 aromatic carbocycles. The summed E-state index contributed by atoms with van der Waals surface area (Å²) in [5, 5.41) is 3.81. The lowest BCUT2D eigenvalue weighted by Gasteiger charge is -2.37. The maximum absolute atomic E-state index is 3.81. The Morgan fingerprint density at radius 2 is 1.79 bits per heavy atom. The summed E-state index contributed by atoms with van der Waals surface area (Å²) in [6.07, 6.45) is 7.06. The molecule has 1 saturated carbocycles. The first-order chi connectivity index (χ1) is 6.75. The van der Waals surface area contributed by atoms with Crippen molar-refractivity contribution in [1.29, 1.82) is 0 Å². The van der Waals surface area contributed by atoms with Crippen LogP contribution in [0.5, 0.6) is 0 Å². The summed E-state index contributed by atoms with van der Waals surface area (Å²) in [5.74, 6) is 0.981. The molecule has 1 aliphatic carbocycles. The van der Waals surface area contributed by atoms with Gasteiger partial charge >= 0.3 is 0 Å². The Kier molecular flexibility index (Phi) is 3.45. The maximum atomic E-state index is 3.81. The van der Waals surface area contributed by atoms with Gasteiger partial charge in [0.2, 0.25) is 0 Å². The van der Waals surface area contributed by atoms with Gasteiger partial charge in [-0.05, 0) is 58.7 Å². The lowest BCUT2D eigenvalue weighted by atomic mass is 9.80. The largest absolute Gasteiger partial charge is 0.311 e. The second-order valence-electron chi connectivity index (χ2n) is 5.22. The molecule has 2 rings (SSSR count). The molecule has 14 heavy (non-hydrogen) atoms. The second-order valence-corrected chi connectivity index (χ2v) is 5.22. The predicted octanol–water partition coefficient (Wildman–Crippen LogP) is 1.86. The van der Waals surface area contributed by atoms with Gasteiger partial charge in [-0.3, -0.25) is 0 Å². The Hall–Kier alpha value is -0.0800. The number of rotatable bonds is 3. The minimum atomic E-state index is 0.761. The molecule has 0 aromatic heterocycles. The summed E-state index contributed by atoms with van der Waals surface area (Å²) in [7, 11) is 2.23. The van der Waals surface area contributed by atoms with Crippen molar-refractivity contribution in [3.8, 4) is 0 Å². The van der Waals surface area contributed by atoms with Gasteiger partial charge in [-0.15, -0.1) is 0 Å². The molecule has 2 heteroatoms. The number of nitrogens with zero attached hydrogens (tertiary/aromatic N) is 1. The van der Waals surface area contributed by atoms with Crippen molar-refractivity contribution in [2.45, 2.75) is 51.1 Å². The van der Waals surface area contributed by atoms with Crippen LogP contribution in [0.1, 0.15) is 39.0 Å².